The maximum absolute atomic E-state index is 13.6. The molecule has 0 aliphatic carbocycles. The van der Waals surface area contributed by atoms with Gasteiger partial charge in [0.05, 0.1) is 20.6 Å². The highest BCUT2D eigenvalue weighted by Gasteiger charge is 2.32. The van der Waals surface area contributed by atoms with Crippen LogP contribution in [-0.4, -0.2) is 44.8 Å². The molecule has 0 radical (unpaired) electrons. The smallest absolute Gasteiger partial charge is 0.264 e. The van der Waals surface area contributed by atoms with E-state index in [9.17, 15) is 18.0 Å². The third kappa shape index (κ3) is 6.50. The Labute approximate surface area is 225 Å². The molecule has 0 aliphatic rings. The number of carbonyl (C=O) groups is 2. The van der Waals surface area contributed by atoms with Gasteiger partial charge in [0.2, 0.25) is 11.8 Å². The van der Waals surface area contributed by atoms with Gasteiger partial charge in [0.25, 0.3) is 10.0 Å². The SMILES string of the molecule is CNC(=O)[C@@H](C)N(Cc1ccc(Cl)c(Cl)c1)C(=O)CN(c1ccc(Cl)cc1)S(=O)(=O)c1ccccc1. The minimum atomic E-state index is -4.13. The van der Waals surface area contributed by atoms with E-state index in [1.54, 1.807) is 43.3 Å². The average molecular weight is 569 g/mol. The summed E-state index contributed by atoms with van der Waals surface area (Å²) in [6.07, 6.45) is 0. The number of likely N-dealkylation sites (N-methyl/N-ethyl adjacent to an activating group) is 1. The van der Waals surface area contributed by atoms with E-state index in [2.05, 4.69) is 5.32 Å². The summed E-state index contributed by atoms with van der Waals surface area (Å²) in [6.45, 7) is 1.01. The summed E-state index contributed by atoms with van der Waals surface area (Å²) >= 11 is 18.2. The molecule has 0 aromatic heterocycles. The zero-order valence-electron chi connectivity index (χ0n) is 19.5. The number of hydrogen-bond donors (Lipinski definition) is 1. The second-order valence-electron chi connectivity index (χ2n) is 7.86. The molecule has 0 unspecified atom stereocenters. The molecule has 2 amide bonds. The number of benzene rings is 3. The summed E-state index contributed by atoms with van der Waals surface area (Å²) in [4.78, 5) is 27.4. The lowest BCUT2D eigenvalue weighted by atomic mass is 10.1. The van der Waals surface area contributed by atoms with E-state index in [1.165, 1.54) is 48.3 Å². The minimum Gasteiger partial charge on any atom is -0.357 e. The molecule has 3 rings (SSSR count). The summed E-state index contributed by atoms with van der Waals surface area (Å²) in [5, 5.41) is 3.58. The molecule has 11 heteroatoms. The molecule has 0 saturated heterocycles. The van der Waals surface area contributed by atoms with E-state index < -0.39 is 34.4 Å². The van der Waals surface area contributed by atoms with Crippen LogP contribution in [0.5, 0.6) is 0 Å². The van der Waals surface area contributed by atoms with Gasteiger partial charge in [-0.3, -0.25) is 13.9 Å². The number of hydrogen-bond acceptors (Lipinski definition) is 4. The van der Waals surface area contributed by atoms with E-state index in [-0.39, 0.29) is 17.1 Å². The van der Waals surface area contributed by atoms with Crippen molar-refractivity contribution in [3.05, 3.63) is 93.4 Å². The molecule has 3 aromatic carbocycles. The molecular weight excluding hydrogens is 545 g/mol. The molecule has 0 heterocycles. The van der Waals surface area contributed by atoms with Crippen LogP contribution >= 0.6 is 34.8 Å². The summed E-state index contributed by atoms with van der Waals surface area (Å²) in [7, 11) is -2.67. The number of amides is 2. The normalized spacial score (nSPS) is 12.0. The maximum atomic E-state index is 13.6. The molecule has 36 heavy (non-hydrogen) atoms. The van der Waals surface area contributed by atoms with Crippen molar-refractivity contribution in [1.29, 1.82) is 0 Å². The number of halogens is 3. The summed E-state index contributed by atoms with van der Waals surface area (Å²) in [5.41, 5.74) is 0.871. The largest absolute Gasteiger partial charge is 0.357 e. The van der Waals surface area contributed by atoms with Crippen LogP contribution in [-0.2, 0) is 26.2 Å². The molecule has 3 aromatic rings. The number of anilines is 1. The number of rotatable bonds is 9. The molecule has 0 bridgehead atoms. The second kappa shape index (κ2) is 12.0. The van der Waals surface area contributed by atoms with Crippen molar-refractivity contribution in [2.45, 2.75) is 24.4 Å². The fourth-order valence-corrected chi connectivity index (χ4v) is 5.36. The number of nitrogens with zero attached hydrogens (tertiary/aromatic N) is 2. The van der Waals surface area contributed by atoms with E-state index in [1.807, 2.05) is 0 Å². The molecule has 190 valence electrons. The van der Waals surface area contributed by atoms with Crippen molar-refractivity contribution in [2.24, 2.45) is 0 Å². The second-order valence-corrected chi connectivity index (χ2v) is 11.0. The van der Waals surface area contributed by atoms with Gasteiger partial charge in [-0.05, 0) is 61.0 Å². The van der Waals surface area contributed by atoms with Crippen molar-refractivity contribution in [1.82, 2.24) is 10.2 Å². The molecule has 7 nitrogen and oxygen atoms in total. The van der Waals surface area contributed by atoms with Gasteiger partial charge in [-0.15, -0.1) is 0 Å². The first kappa shape index (κ1) is 27.8. The first-order valence-electron chi connectivity index (χ1n) is 10.8. The first-order chi connectivity index (χ1) is 17.0. The van der Waals surface area contributed by atoms with Crippen LogP contribution in [0.25, 0.3) is 0 Å². The van der Waals surface area contributed by atoms with Crippen molar-refractivity contribution in [2.75, 3.05) is 17.9 Å². The third-order valence-corrected chi connectivity index (χ3v) is 8.25. The maximum Gasteiger partial charge on any atom is 0.264 e. The zero-order chi connectivity index (χ0) is 26.5. The Bertz CT molecular complexity index is 1340. The predicted octanol–water partition coefficient (Wildman–Crippen LogP) is 5.01. The van der Waals surface area contributed by atoms with Gasteiger partial charge in [0, 0.05) is 18.6 Å². The Morgan fingerprint density at radius 2 is 1.56 bits per heavy atom. The lowest BCUT2D eigenvalue weighted by molar-refractivity contribution is -0.139. The van der Waals surface area contributed by atoms with Crippen LogP contribution < -0.4 is 9.62 Å². The molecule has 0 saturated carbocycles. The third-order valence-electron chi connectivity index (χ3n) is 5.48. The summed E-state index contributed by atoms with van der Waals surface area (Å²) < 4.78 is 28.2. The van der Waals surface area contributed by atoms with Gasteiger partial charge in [-0.1, -0.05) is 59.1 Å². The topological polar surface area (TPSA) is 86.8 Å². The predicted molar refractivity (Wildman–Crippen MR) is 143 cm³/mol. The minimum absolute atomic E-state index is 0.00412. The van der Waals surface area contributed by atoms with Crippen molar-refractivity contribution in [3.63, 3.8) is 0 Å². The van der Waals surface area contributed by atoms with Gasteiger partial charge in [-0.2, -0.15) is 0 Å². The number of sulfonamides is 1. The van der Waals surface area contributed by atoms with E-state index >= 15 is 0 Å². The van der Waals surface area contributed by atoms with Crippen LogP contribution in [0.2, 0.25) is 15.1 Å². The Morgan fingerprint density at radius 1 is 0.917 bits per heavy atom. The van der Waals surface area contributed by atoms with E-state index in [4.69, 9.17) is 34.8 Å². The number of nitrogens with one attached hydrogen (secondary N) is 1. The van der Waals surface area contributed by atoms with Gasteiger partial charge in [-0.25, -0.2) is 8.42 Å². The van der Waals surface area contributed by atoms with E-state index in [0.717, 1.165) is 4.31 Å². The first-order valence-corrected chi connectivity index (χ1v) is 13.4. The highest BCUT2D eigenvalue weighted by atomic mass is 35.5. The quantitative estimate of drug-likeness (QED) is 0.393. The van der Waals surface area contributed by atoms with Gasteiger partial charge >= 0.3 is 0 Å². The molecule has 0 aliphatic heterocycles. The van der Waals surface area contributed by atoms with Gasteiger partial charge in [0.1, 0.15) is 12.6 Å². The Morgan fingerprint density at radius 3 is 2.14 bits per heavy atom. The molecule has 0 spiro atoms. The van der Waals surface area contributed by atoms with Crippen molar-refractivity contribution in [3.8, 4) is 0 Å². The van der Waals surface area contributed by atoms with Crippen molar-refractivity contribution >= 4 is 62.3 Å². The number of carbonyl (C=O) groups excluding carboxylic acids is 2. The molecule has 0 fully saturated rings. The highest BCUT2D eigenvalue weighted by Crippen LogP contribution is 2.27. The molecule has 1 N–H and O–H groups in total. The zero-order valence-corrected chi connectivity index (χ0v) is 22.6. The molecule has 1 atom stereocenters. The van der Waals surface area contributed by atoms with Crippen molar-refractivity contribution < 1.29 is 18.0 Å². The Hall–Kier alpha value is -2.78. The summed E-state index contributed by atoms with van der Waals surface area (Å²) in [6, 6.07) is 17.9. The Kier molecular flexibility index (Phi) is 9.24. The average Bonchev–Trinajstić information content (AvgIpc) is 2.88. The van der Waals surface area contributed by atoms with Gasteiger partial charge < -0.3 is 10.2 Å². The lowest BCUT2D eigenvalue weighted by Crippen LogP contribution is -2.50. The van der Waals surface area contributed by atoms with Crippen LogP contribution in [0.1, 0.15) is 12.5 Å². The highest BCUT2D eigenvalue weighted by molar-refractivity contribution is 7.92. The van der Waals surface area contributed by atoms with Crippen LogP contribution in [0.3, 0.4) is 0 Å². The fourth-order valence-electron chi connectivity index (χ4n) is 3.48. The summed E-state index contributed by atoms with van der Waals surface area (Å²) in [5.74, 6) is -1.00. The lowest BCUT2D eigenvalue weighted by Gasteiger charge is -2.31. The van der Waals surface area contributed by atoms with Crippen LogP contribution in [0.4, 0.5) is 5.69 Å². The van der Waals surface area contributed by atoms with Crippen LogP contribution in [0.15, 0.2) is 77.7 Å². The monoisotopic (exact) mass is 567 g/mol. The van der Waals surface area contributed by atoms with E-state index in [0.29, 0.717) is 20.6 Å². The van der Waals surface area contributed by atoms with Crippen LogP contribution in [0, 0.1) is 0 Å². The standard InChI is InChI=1S/C25H24Cl3N3O4S/c1-17(25(33)29-2)30(15-18-8-13-22(27)23(28)14-18)24(32)16-31(20-11-9-19(26)10-12-20)36(34,35)21-6-4-3-5-7-21/h3-14,17H,15-16H2,1-2H3,(H,29,33)/t17-/m1/s1. The van der Waals surface area contributed by atoms with Gasteiger partial charge in [0.15, 0.2) is 0 Å². The Balaban J connectivity index is 2.02. The molecular formula is C25H24Cl3N3O4S. The fraction of sp³-hybridized carbons (Fsp3) is 0.200.